The van der Waals surface area contributed by atoms with Crippen molar-refractivity contribution in [3.63, 3.8) is 0 Å². The third-order valence-electron chi connectivity index (χ3n) is 8.46. The number of carbonyl (C=O) groups excluding carboxylic acids is 2. The molecule has 3 unspecified atom stereocenters. The average Bonchev–Trinajstić information content (AvgIpc) is 2.89. The highest BCUT2D eigenvalue weighted by Gasteiger charge is 2.52. The van der Waals surface area contributed by atoms with Crippen LogP contribution in [0.4, 0.5) is 0 Å². The summed E-state index contributed by atoms with van der Waals surface area (Å²) >= 11 is 0. The summed E-state index contributed by atoms with van der Waals surface area (Å²) in [6.45, 7) is 3.29. The Morgan fingerprint density at radius 1 is 0.950 bits per heavy atom. The summed E-state index contributed by atoms with van der Waals surface area (Å²) in [6.07, 6.45) is -5.66. The molecule has 12 nitrogen and oxygen atoms in total. The van der Waals surface area contributed by atoms with Crippen molar-refractivity contribution in [1.82, 2.24) is 4.90 Å². The summed E-state index contributed by atoms with van der Waals surface area (Å²) in [4.78, 5) is 28.8. The van der Waals surface area contributed by atoms with E-state index in [9.17, 15) is 45.3 Å². The predicted octanol–water partition coefficient (Wildman–Crippen LogP) is 1.35. The lowest BCUT2D eigenvalue weighted by Crippen LogP contribution is -2.54. The summed E-state index contributed by atoms with van der Waals surface area (Å²) in [6, 6.07) is 1.65. The van der Waals surface area contributed by atoms with E-state index < -0.39 is 93.1 Å². The molecular weight excluding hydrogens is 526 g/mol. The maximum atomic E-state index is 13.6. The second-order valence-electron chi connectivity index (χ2n) is 11.0. The van der Waals surface area contributed by atoms with Crippen LogP contribution in [0.2, 0.25) is 0 Å². The van der Waals surface area contributed by atoms with E-state index in [-0.39, 0.29) is 36.4 Å². The molecule has 0 spiro atoms. The number of ketones is 2. The van der Waals surface area contributed by atoms with Crippen LogP contribution < -0.4 is 0 Å². The van der Waals surface area contributed by atoms with Crippen LogP contribution in [-0.4, -0.2) is 96.4 Å². The average molecular weight is 560 g/mol. The van der Waals surface area contributed by atoms with Crippen molar-refractivity contribution in [2.24, 2.45) is 0 Å². The van der Waals surface area contributed by atoms with E-state index in [4.69, 9.17) is 9.47 Å². The SMILES string of the molecule is CCC1(O)CC(O)c2c(O)c3c(c(O)c2C1O[C@H]1C[C@H](N(C)C)[C@H](O)[C@H](C)O1)C(=O)c1c(O)ccc(O)c1C3=O. The minimum Gasteiger partial charge on any atom is -0.507 e. The van der Waals surface area contributed by atoms with Gasteiger partial charge in [-0.05, 0) is 39.6 Å². The Hall–Kier alpha value is -3.26. The lowest BCUT2D eigenvalue weighted by atomic mass is 9.70. The van der Waals surface area contributed by atoms with Crippen molar-refractivity contribution in [1.29, 1.82) is 0 Å². The van der Waals surface area contributed by atoms with Gasteiger partial charge in [0.05, 0.1) is 46.2 Å². The number of phenolic OH excluding ortho intramolecular Hbond substituents is 4. The highest BCUT2D eigenvalue weighted by atomic mass is 16.7. The number of ether oxygens (including phenoxy) is 2. The van der Waals surface area contributed by atoms with Crippen LogP contribution in [0, 0.1) is 0 Å². The number of aromatic hydroxyl groups is 4. The molecule has 0 bridgehead atoms. The maximum Gasteiger partial charge on any atom is 0.202 e. The molecule has 0 saturated carbocycles. The largest absolute Gasteiger partial charge is 0.507 e. The predicted molar refractivity (Wildman–Crippen MR) is 137 cm³/mol. The Morgan fingerprint density at radius 2 is 1.48 bits per heavy atom. The van der Waals surface area contributed by atoms with Crippen LogP contribution in [0.15, 0.2) is 12.1 Å². The summed E-state index contributed by atoms with van der Waals surface area (Å²) in [5.41, 5.74) is -4.82. The normalized spacial score (nSPS) is 31.6. The number of rotatable bonds is 4. The van der Waals surface area contributed by atoms with Gasteiger partial charge in [-0.2, -0.15) is 0 Å². The second kappa shape index (κ2) is 9.68. The highest BCUT2D eigenvalue weighted by molar-refractivity contribution is 6.32. The molecule has 2 aromatic rings. The van der Waals surface area contributed by atoms with Gasteiger partial charge in [0.25, 0.3) is 0 Å². The minimum atomic E-state index is -1.80. The van der Waals surface area contributed by atoms with Crippen molar-refractivity contribution in [3.8, 4) is 23.0 Å². The lowest BCUT2D eigenvalue weighted by molar-refractivity contribution is -0.279. The van der Waals surface area contributed by atoms with Crippen molar-refractivity contribution >= 4 is 11.6 Å². The van der Waals surface area contributed by atoms with Gasteiger partial charge < -0.3 is 50.1 Å². The Bertz CT molecular complexity index is 1410. The van der Waals surface area contributed by atoms with Crippen LogP contribution in [0.3, 0.4) is 0 Å². The molecule has 5 rings (SSSR count). The molecule has 1 saturated heterocycles. The van der Waals surface area contributed by atoms with E-state index in [1.54, 1.807) is 32.8 Å². The van der Waals surface area contributed by atoms with E-state index in [1.165, 1.54) is 0 Å². The number of carbonyl (C=O) groups is 2. The molecule has 216 valence electrons. The number of hydrogen-bond acceptors (Lipinski definition) is 12. The minimum absolute atomic E-state index is 0.0256. The number of nitrogens with zero attached hydrogens (tertiary/aromatic N) is 1. The van der Waals surface area contributed by atoms with Gasteiger partial charge in [-0.25, -0.2) is 0 Å². The van der Waals surface area contributed by atoms with Gasteiger partial charge in [0.1, 0.15) is 29.1 Å². The number of aliphatic hydroxyl groups is 3. The fourth-order valence-electron chi connectivity index (χ4n) is 6.21. The zero-order chi connectivity index (χ0) is 29.4. The molecule has 40 heavy (non-hydrogen) atoms. The Morgan fingerprint density at radius 3 is 1.98 bits per heavy atom. The molecule has 0 aromatic heterocycles. The number of aliphatic hydroxyl groups excluding tert-OH is 2. The smallest absolute Gasteiger partial charge is 0.202 e. The molecule has 1 aliphatic heterocycles. The first kappa shape index (κ1) is 28.3. The standard InChI is InChI=1S/C28H33NO11/c1-5-28(38)9-14(32)18-21(27(28)40-15-8-11(29(3)4)22(33)10(2)39-15)26(37)20-19(25(18)36)23(34)16-12(30)6-7-13(31)17(16)24(20)35/h6-7,10-11,14-15,22,27,30-33,36-38H,5,8-9H2,1-4H3/t10-,11-,14?,15-,22+,27?,28?/m0/s1. The molecular formula is C28H33NO11. The zero-order valence-electron chi connectivity index (χ0n) is 22.5. The van der Waals surface area contributed by atoms with Crippen molar-refractivity contribution in [2.45, 2.75) is 75.5 Å². The molecule has 12 heteroatoms. The van der Waals surface area contributed by atoms with Gasteiger partial charge in [0, 0.05) is 30.0 Å². The molecule has 1 fully saturated rings. The molecule has 3 aliphatic rings. The van der Waals surface area contributed by atoms with Crippen molar-refractivity contribution in [3.05, 3.63) is 45.5 Å². The van der Waals surface area contributed by atoms with Gasteiger partial charge in [-0.15, -0.1) is 0 Å². The van der Waals surface area contributed by atoms with E-state index in [2.05, 4.69) is 0 Å². The van der Waals surface area contributed by atoms with Crippen LogP contribution in [-0.2, 0) is 9.47 Å². The van der Waals surface area contributed by atoms with E-state index in [1.807, 2.05) is 0 Å². The third kappa shape index (κ3) is 3.98. The first-order valence-electron chi connectivity index (χ1n) is 13.0. The summed E-state index contributed by atoms with van der Waals surface area (Å²) in [7, 11) is 3.56. The van der Waals surface area contributed by atoms with Gasteiger partial charge in [0.2, 0.25) is 11.6 Å². The van der Waals surface area contributed by atoms with Crippen LogP contribution in [0.1, 0.15) is 88.3 Å². The quantitative estimate of drug-likeness (QED) is 0.227. The van der Waals surface area contributed by atoms with Gasteiger partial charge in [0.15, 0.2) is 6.29 Å². The summed E-state index contributed by atoms with van der Waals surface area (Å²) in [5, 5.41) is 76.8. The van der Waals surface area contributed by atoms with Gasteiger partial charge in [-0.1, -0.05) is 6.92 Å². The Labute approximate surface area is 229 Å². The van der Waals surface area contributed by atoms with E-state index in [0.29, 0.717) is 0 Å². The number of fused-ring (bicyclic) bond motifs is 3. The lowest BCUT2D eigenvalue weighted by Gasteiger charge is -2.47. The fourth-order valence-corrected chi connectivity index (χ4v) is 6.21. The highest BCUT2D eigenvalue weighted by Crippen LogP contribution is 2.57. The first-order valence-corrected chi connectivity index (χ1v) is 13.0. The number of benzene rings is 2. The monoisotopic (exact) mass is 559 g/mol. The first-order chi connectivity index (χ1) is 18.7. The Kier molecular flexibility index (Phi) is 6.85. The van der Waals surface area contributed by atoms with Crippen LogP contribution in [0.25, 0.3) is 0 Å². The van der Waals surface area contributed by atoms with E-state index in [0.717, 1.165) is 12.1 Å². The van der Waals surface area contributed by atoms with Crippen molar-refractivity contribution < 1.29 is 54.8 Å². The number of likely N-dealkylation sites (N-methyl/N-ethyl adjacent to an activating group) is 1. The topological polar surface area (TPSA) is 197 Å². The summed E-state index contributed by atoms with van der Waals surface area (Å²) in [5.74, 6) is -4.96. The fraction of sp³-hybridized carbons (Fsp3) is 0.500. The van der Waals surface area contributed by atoms with Crippen LogP contribution in [0.5, 0.6) is 23.0 Å². The zero-order valence-corrected chi connectivity index (χ0v) is 22.5. The third-order valence-corrected chi connectivity index (χ3v) is 8.46. The molecule has 7 N–H and O–H groups in total. The molecule has 2 aromatic carbocycles. The van der Waals surface area contributed by atoms with Crippen molar-refractivity contribution in [2.75, 3.05) is 14.1 Å². The molecule has 2 aliphatic carbocycles. The second-order valence-corrected chi connectivity index (χ2v) is 11.0. The molecule has 0 radical (unpaired) electrons. The van der Waals surface area contributed by atoms with Crippen LogP contribution >= 0.6 is 0 Å². The van der Waals surface area contributed by atoms with E-state index >= 15 is 0 Å². The molecule has 0 amide bonds. The Balaban J connectivity index is 1.70. The molecule has 1 heterocycles. The van der Waals surface area contributed by atoms with Gasteiger partial charge in [-0.3, -0.25) is 9.59 Å². The maximum absolute atomic E-state index is 13.6. The summed E-state index contributed by atoms with van der Waals surface area (Å²) < 4.78 is 12.1. The van der Waals surface area contributed by atoms with Gasteiger partial charge >= 0.3 is 0 Å². The molecule has 7 atom stereocenters. The number of hydrogen-bond donors (Lipinski definition) is 7. The number of phenols is 4.